The van der Waals surface area contributed by atoms with Crippen molar-refractivity contribution in [2.45, 2.75) is 34.1 Å². The molecule has 1 N–H and O–H groups in total. The molecule has 0 saturated heterocycles. The Morgan fingerprint density at radius 2 is 2.22 bits per heavy atom. The van der Waals surface area contributed by atoms with Crippen LogP contribution in [0.15, 0.2) is 5.38 Å². The fourth-order valence-corrected chi connectivity index (χ4v) is 1.91. The molecular weight excluding hydrogens is 248 g/mol. The lowest BCUT2D eigenvalue weighted by atomic mass is 9.81. The number of carbonyl (C=O) groups is 1. The van der Waals surface area contributed by atoms with Crippen molar-refractivity contribution >= 4 is 22.4 Å². The number of carbonyl (C=O) groups excluding carboxylic acids is 1. The van der Waals surface area contributed by atoms with Gasteiger partial charge in [0.05, 0.1) is 19.2 Å². The summed E-state index contributed by atoms with van der Waals surface area (Å²) in [5.41, 5.74) is 0.977. The number of hydrogen-bond donors (Lipinski definition) is 1. The van der Waals surface area contributed by atoms with Crippen molar-refractivity contribution in [3.63, 3.8) is 0 Å². The van der Waals surface area contributed by atoms with E-state index in [2.05, 4.69) is 42.7 Å². The standard InChI is InChI=1S/C13H22N2O2S/c1-9(2)13(3,4)8-14-12-15-10(7-18-12)6-11(16)17-5/h7,9H,6,8H2,1-5H3,(H,14,15). The molecule has 0 bridgehead atoms. The van der Waals surface area contributed by atoms with Gasteiger partial charge in [-0.25, -0.2) is 4.98 Å². The minimum atomic E-state index is -0.255. The molecule has 0 aliphatic heterocycles. The molecule has 0 aliphatic carbocycles. The van der Waals surface area contributed by atoms with Crippen LogP contribution in [0.1, 0.15) is 33.4 Å². The number of thiazole rings is 1. The van der Waals surface area contributed by atoms with E-state index in [1.54, 1.807) is 0 Å². The lowest BCUT2D eigenvalue weighted by Crippen LogP contribution is -2.28. The SMILES string of the molecule is COC(=O)Cc1csc(NCC(C)(C)C(C)C)n1. The molecule has 1 aromatic heterocycles. The van der Waals surface area contributed by atoms with E-state index >= 15 is 0 Å². The van der Waals surface area contributed by atoms with Gasteiger partial charge in [0.2, 0.25) is 0 Å². The Balaban J connectivity index is 2.52. The summed E-state index contributed by atoms with van der Waals surface area (Å²) >= 11 is 1.52. The molecule has 0 atom stereocenters. The van der Waals surface area contributed by atoms with Crippen LogP contribution in [-0.4, -0.2) is 24.6 Å². The van der Waals surface area contributed by atoms with Crippen molar-refractivity contribution in [2.75, 3.05) is 19.0 Å². The Bertz CT molecular complexity index is 399. The highest BCUT2D eigenvalue weighted by atomic mass is 32.1. The number of methoxy groups -OCH3 is 1. The van der Waals surface area contributed by atoms with Gasteiger partial charge in [-0.1, -0.05) is 27.7 Å². The molecule has 0 saturated carbocycles. The van der Waals surface area contributed by atoms with Crippen molar-refractivity contribution < 1.29 is 9.53 Å². The van der Waals surface area contributed by atoms with E-state index in [0.29, 0.717) is 5.92 Å². The van der Waals surface area contributed by atoms with Crippen LogP contribution in [0.2, 0.25) is 0 Å². The van der Waals surface area contributed by atoms with Crippen LogP contribution in [0.3, 0.4) is 0 Å². The molecule has 102 valence electrons. The second-order valence-electron chi connectivity index (χ2n) is 5.39. The van der Waals surface area contributed by atoms with Crippen LogP contribution in [-0.2, 0) is 16.0 Å². The smallest absolute Gasteiger partial charge is 0.311 e. The largest absolute Gasteiger partial charge is 0.469 e. The van der Waals surface area contributed by atoms with Crippen LogP contribution < -0.4 is 5.32 Å². The molecule has 0 unspecified atom stereocenters. The minimum absolute atomic E-state index is 0.216. The van der Waals surface area contributed by atoms with Crippen molar-refractivity contribution in [3.05, 3.63) is 11.1 Å². The maximum Gasteiger partial charge on any atom is 0.311 e. The van der Waals surface area contributed by atoms with Crippen LogP contribution in [0.4, 0.5) is 5.13 Å². The van der Waals surface area contributed by atoms with Gasteiger partial charge in [0.15, 0.2) is 5.13 Å². The Morgan fingerprint density at radius 1 is 1.56 bits per heavy atom. The summed E-state index contributed by atoms with van der Waals surface area (Å²) in [4.78, 5) is 15.5. The molecule has 0 spiro atoms. The van der Waals surface area contributed by atoms with Gasteiger partial charge in [-0.3, -0.25) is 4.79 Å². The third-order valence-corrected chi connectivity index (χ3v) is 4.21. The van der Waals surface area contributed by atoms with Gasteiger partial charge in [-0.2, -0.15) is 0 Å². The first-order chi connectivity index (χ1) is 8.35. The molecule has 5 heteroatoms. The van der Waals surface area contributed by atoms with E-state index in [4.69, 9.17) is 0 Å². The van der Waals surface area contributed by atoms with E-state index in [1.807, 2.05) is 5.38 Å². The summed E-state index contributed by atoms with van der Waals surface area (Å²) in [6.07, 6.45) is 0.238. The lowest BCUT2D eigenvalue weighted by Gasteiger charge is -2.29. The quantitative estimate of drug-likeness (QED) is 0.807. The number of anilines is 1. The van der Waals surface area contributed by atoms with E-state index in [0.717, 1.165) is 17.4 Å². The molecule has 1 heterocycles. The number of aromatic nitrogens is 1. The zero-order valence-corrected chi connectivity index (χ0v) is 12.6. The first-order valence-corrected chi connectivity index (χ1v) is 6.98. The molecule has 0 aromatic carbocycles. The number of nitrogens with zero attached hydrogens (tertiary/aromatic N) is 1. The van der Waals surface area contributed by atoms with E-state index in [9.17, 15) is 4.79 Å². The normalized spacial score (nSPS) is 11.7. The average molecular weight is 270 g/mol. The van der Waals surface area contributed by atoms with Crippen LogP contribution in [0.25, 0.3) is 0 Å². The minimum Gasteiger partial charge on any atom is -0.469 e. The summed E-state index contributed by atoms with van der Waals surface area (Å²) in [5.74, 6) is 0.342. The van der Waals surface area contributed by atoms with Gasteiger partial charge in [-0.15, -0.1) is 11.3 Å². The Hall–Kier alpha value is -1.10. The van der Waals surface area contributed by atoms with E-state index < -0.39 is 0 Å². The highest BCUT2D eigenvalue weighted by molar-refractivity contribution is 7.13. The molecule has 0 amide bonds. The summed E-state index contributed by atoms with van der Waals surface area (Å²) in [5, 5.41) is 6.09. The van der Waals surface area contributed by atoms with Crippen LogP contribution in [0, 0.1) is 11.3 Å². The first-order valence-electron chi connectivity index (χ1n) is 6.10. The summed E-state index contributed by atoms with van der Waals surface area (Å²) in [6.45, 7) is 9.76. The highest BCUT2D eigenvalue weighted by Crippen LogP contribution is 2.27. The van der Waals surface area contributed by atoms with Crippen molar-refractivity contribution in [2.24, 2.45) is 11.3 Å². The molecule has 0 fully saturated rings. The molecular formula is C13H22N2O2S. The Morgan fingerprint density at radius 3 is 2.78 bits per heavy atom. The summed E-state index contributed by atoms with van der Waals surface area (Å²) in [7, 11) is 1.39. The van der Waals surface area contributed by atoms with Gasteiger partial charge < -0.3 is 10.1 Å². The monoisotopic (exact) mass is 270 g/mol. The van der Waals surface area contributed by atoms with Gasteiger partial charge in [-0.05, 0) is 11.3 Å². The van der Waals surface area contributed by atoms with Crippen molar-refractivity contribution in [1.29, 1.82) is 0 Å². The highest BCUT2D eigenvalue weighted by Gasteiger charge is 2.22. The number of hydrogen-bond acceptors (Lipinski definition) is 5. The topological polar surface area (TPSA) is 51.2 Å². The Labute approximate surface area is 113 Å². The van der Waals surface area contributed by atoms with Gasteiger partial charge in [0.25, 0.3) is 0 Å². The maximum atomic E-state index is 11.1. The zero-order chi connectivity index (χ0) is 13.8. The third kappa shape index (κ3) is 4.29. The average Bonchev–Trinajstić information content (AvgIpc) is 2.74. The predicted molar refractivity (Wildman–Crippen MR) is 74.9 cm³/mol. The summed E-state index contributed by atoms with van der Waals surface area (Å²) in [6, 6.07) is 0. The van der Waals surface area contributed by atoms with E-state index in [1.165, 1.54) is 18.4 Å². The fourth-order valence-electron chi connectivity index (χ4n) is 1.20. The molecule has 1 rings (SSSR count). The van der Waals surface area contributed by atoms with Crippen molar-refractivity contribution in [1.82, 2.24) is 4.98 Å². The van der Waals surface area contributed by atoms with Gasteiger partial charge in [0, 0.05) is 11.9 Å². The second kappa shape index (κ2) is 6.18. The molecule has 4 nitrogen and oxygen atoms in total. The number of esters is 1. The Kier molecular flexibility index (Phi) is 5.14. The molecule has 0 aliphatic rings. The number of ether oxygens (including phenoxy) is 1. The number of rotatable bonds is 6. The summed E-state index contributed by atoms with van der Waals surface area (Å²) < 4.78 is 4.61. The maximum absolute atomic E-state index is 11.1. The van der Waals surface area contributed by atoms with E-state index in [-0.39, 0.29) is 17.8 Å². The molecule has 0 radical (unpaired) electrons. The van der Waals surface area contributed by atoms with Crippen LogP contribution in [0.5, 0.6) is 0 Å². The van der Waals surface area contributed by atoms with Crippen molar-refractivity contribution in [3.8, 4) is 0 Å². The number of nitrogens with one attached hydrogen (secondary N) is 1. The molecule has 18 heavy (non-hydrogen) atoms. The molecule has 1 aromatic rings. The van der Waals surface area contributed by atoms with Gasteiger partial charge >= 0.3 is 5.97 Å². The lowest BCUT2D eigenvalue weighted by molar-refractivity contribution is -0.139. The first kappa shape index (κ1) is 15.0. The predicted octanol–water partition coefficient (Wildman–Crippen LogP) is 2.95. The second-order valence-corrected chi connectivity index (χ2v) is 6.25. The fraction of sp³-hybridized carbons (Fsp3) is 0.692. The zero-order valence-electron chi connectivity index (χ0n) is 11.7. The van der Waals surface area contributed by atoms with Gasteiger partial charge in [0.1, 0.15) is 0 Å². The third-order valence-electron chi connectivity index (χ3n) is 3.36. The van der Waals surface area contributed by atoms with Crippen LogP contribution >= 0.6 is 11.3 Å².